The summed E-state index contributed by atoms with van der Waals surface area (Å²) in [5.74, 6) is 0. The first-order chi connectivity index (χ1) is 27.4. The van der Waals surface area contributed by atoms with Gasteiger partial charge in [-0.05, 0) is 132 Å². The second kappa shape index (κ2) is 12.3. The van der Waals surface area contributed by atoms with Crippen LogP contribution in [0.2, 0.25) is 0 Å². The van der Waals surface area contributed by atoms with Crippen LogP contribution in [-0.2, 0) is 5.41 Å². The summed E-state index contributed by atoms with van der Waals surface area (Å²) in [4.78, 5) is 2.38. The molecule has 0 N–H and O–H groups in total. The molecule has 0 fully saturated rings. The van der Waals surface area contributed by atoms with Crippen molar-refractivity contribution in [2.75, 3.05) is 4.90 Å². The predicted molar refractivity (Wildman–Crippen MR) is 237 cm³/mol. The second-order valence-corrected chi connectivity index (χ2v) is 16.2. The van der Waals surface area contributed by atoms with Gasteiger partial charge in [0.15, 0.2) is 5.58 Å². The van der Waals surface area contributed by atoms with Crippen molar-refractivity contribution in [1.29, 1.82) is 0 Å². The van der Waals surface area contributed by atoms with Crippen LogP contribution in [-0.4, -0.2) is 0 Å². The highest BCUT2D eigenvalue weighted by atomic mass is 16.3. The van der Waals surface area contributed by atoms with Crippen molar-refractivity contribution in [3.8, 4) is 44.5 Å². The van der Waals surface area contributed by atoms with E-state index in [1.807, 2.05) is 6.07 Å². The Bertz CT molecular complexity index is 3160. The summed E-state index contributed by atoms with van der Waals surface area (Å²) in [5.41, 5.74) is 16.5. The standard InChI is InChI=1S/C54H39NO/c1-54(2,3)41-25-22-34(23-26-41)36-20-21-37-30-46-48(32-39(37)28-36)47-31-38-24-27-42(29-40(38)33-49(46)47)55(50-17-9-7-14-43(50)35-12-5-4-6-13-35)51-18-11-16-45-44-15-8-10-19-52(44)56-53(45)51/h4-33H,1-3H3. The van der Waals surface area contributed by atoms with Gasteiger partial charge < -0.3 is 9.32 Å². The Morgan fingerprint density at radius 1 is 0.393 bits per heavy atom. The van der Waals surface area contributed by atoms with Crippen LogP contribution in [0, 0.1) is 0 Å². The van der Waals surface area contributed by atoms with Crippen LogP contribution in [0.25, 0.3) is 88.0 Å². The van der Waals surface area contributed by atoms with E-state index in [4.69, 9.17) is 4.42 Å². The molecule has 266 valence electrons. The molecule has 2 nitrogen and oxygen atoms in total. The quantitative estimate of drug-likeness (QED) is 0.176. The summed E-state index contributed by atoms with van der Waals surface area (Å²) >= 11 is 0. The summed E-state index contributed by atoms with van der Waals surface area (Å²) in [7, 11) is 0. The molecule has 0 bridgehead atoms. The molecule has 0 atom stereocenters. The third-order valence-electron chi connectivity index (χ3n) is 11.7. The van der Waals surface area contributed by atoms with Gasteiger partial charge in [-0.2, -0.15) is 0 Å². The zero-order valence-electron chi connectivity index (χ0n) is 31.7. The number of fused-ring (bicyclic) bond motifs is 9. The summed E-state index contributed by atoms with van der Waals surface area (Å²) in [6, 6.07) is 66.5. The van der Waals surface area contributed by atoms with Crippen molar-refractivity contribution in [2.24, 2.45) is 0 Å². The first-order valence-electron chi connectivity index (χ1n) is 19.5. The van der Waals surface area contributed by atoms with E-state index in [1.54, 1.807) is 0 Å². The number of rotatable bonds is 5. The van der Waals surface area contributed by atoms with Crippen LogP contribution in [0.1, 0.15) is 26.3 Å². The third kappa shape index (κ3) is 5.17. The molecule has 0 saturated carbocycles. The number of nitrogens with zero attached hydrogens (tertiary/aromatic N) is 1. The molecule has 0 radical (unpaired) electrons. The molecule has 1 aromatic heterocycles. The zero-order chi connectivity index (χ0) is 37.5. The van der Waals surface area contributed by atoms with Gasteiger partial charge in [0.25, 0.3) is 0 Å². The maximum atomic E-state index is 6.67. The van der Waals surface area contributed by atoms with E-state index in [-0.39, 0.29) is 5.41 Å². The minimum atomic E-state index is 0.140. The van der Waals surface area contributed by atoms with Gasteiger partial charge >= 0.3 is 0 Å². The van der Waals surface area contributed by atoms with E-state index in [1.165, 1.54) is 66.1 Å². The molecular weight excluding hydrogens is 679 g/mol. The summed E-state index contributed by atoms with van der Waals surface area (Å²) in [5, 5.41) is 7.20. The van der Waals surface area contributed by atoms with Crippen LogP contribution in [0.4, 0.5) is 17.1 Å². The summed E-state index contributed by atoms with van der Waals surface area (Å²) in [6.45, 7) is 6.79. The number of para-hydroxylation sites is 3. The van der Waals surface area contributed by atoms with Crippen LogP contribution in [0.5, 0.6) is 0 Å². The largest absolute Gasteiger partial charge is 0.454 e. The van der Waals surface area contributed by atoms with E-state index in [0.717, 1.165) is 44.6 Å². The smallest absolute Gasteiger partial charge is 0.159 e. The Morgan fingerprint density at radius 2 is 0.982 bits per heavy atom. The molecule has 11 rings (SSSR count). The Labute approximate surface area is 326 Å². The van der Waals surface area contributed by atoms with Crippen molar-refractivity contribution in [2.45, 2.75) is 26.2 Å². The second-order valence-electron chi connectivity index (χ2n) is 16.2. The predicted octanol–water partition coefficient (Wildman–Crippen LogP) is 15.6. The Morgan fingerprint density at radius 3 is 1.73 bits per heavy atom. The highest BCUT2D eigenvalue weighted by Gasteiger charge is 2.26. The zero-order valence-corrected chi connectivity index (χ0v) is 31.7. The van der Waals surface area contributed by atoms with Gasteiger partial charge in [-0.15, -0.1) is 0 Å². The molecule has 0 amide bonds. The SMILES string of the molecule is CC(C)(C)c1ccc(-c2ccc3cc4c(cc3c2)-c2cc3ccc(N(c5ccccc5-c5ccccc5)c5cccc6c5oc5ccccc56)cc3cc2-4)cc1. The lowest BCUT2D eigenvalue weighted by Crippen LogP contribution is -2.11. The number of benzene rings is 9. The van der Waals surface area contributed by atoms with Gasteiger partial charge in [0, 0.05) is 22.0 Å². The summed E-state index contributed by atoms with van der Waals surface area (Å²) < 4.78 is 6.67. The maximum absolute atomic E-state index is 6.67. The van der Waals surface area contributed by atoms with E-state index in [0.29, 0.717) is 0 Å². The number of hydrogen-bond acceptors (Lipinski definition) is 2. The summed E-state index contributed by atoms with van der Waals surface area (Å²) in [6.07, 6.45) is 0. The van der Waals surface area contributed by atoms with Gasteiger partial charge in [0.1, 0.15) is 5.58 Å². The van der Waals surface area contributed by atoms with E-state index >= 15 is 0 Å². The van der Waals surface area contributed by atoms with Gasteiger partial charge in [-0.1, -0.05) is 142 Å². The van der Waals surface area contributed by atoms with Crippen LogP contribution < -0.4 is 4.90 Å². The number of anilines is 3. The maximum Gasteiger partial charge on any atom is 0.159 e. The van der Waals surface area contributed by atoms with E-state index in [2.05, 4.69) is 202 Å². The molecule has 0 aliphatic heterocycles. The van der Waals surface area contributed by atoms with Crippen molar-refractivity contribution in [1.82, 2.24) is 0 Å². The normalized spacial score (nSPS) is 12.2. The molecule has 0 spiro atoms. The highest BCUT2D eigenvalue weighted by molar-refractivity contribution is 6.14. The fourth-order valence-corrected chi connectivity index (χ4v) is 8.74. The number of hydrogen-bond donors (Lipinski definition) is 0. The lowest BCUT2D eigenvalue weighted by Gasteiger charge is -2.29. The van der Waals surface area contributed by atoms with E-state index < -0.39 is 0 Å². The Kier molecular flexibility index (Phi) is 7.15. The van der Waals surface area contributed by atoms with Crippen molar-refractivity contribution >= 4 is 60.5 Å². The topological polar surface area (TPSA) is 16.4 Å². The minimum absolute atomic E-state index is 0.140. The first-order valence-corrected chi connectivity index (χ1v) is 19.5. The fraction of sp³-hybridized carbons (Fsp3) is 0.0741. The monoisotopic (exact) mass is 717 g/mol. The molecule has 2 heteroatoms. The van der Waals surface area contributed by atoms with Crippen molar-refractivity contribution in [3.05, 3.63) is 188 Å². The van der Waals surface area contributed by atoms with Crippen molar-refractivity contribution in [3.63, 3.8) is 0 Å². The third-order valence-corrected chi connectivity index (χ3v) is 11.7. The lowest BCUT2D eigenvalue weighted by atomic mass is 9.77. The molecular formula is C54H39NO. The molecule has 0 unspecified atom stereocenters. The van der Waals surface area contributed by atoms with Gasteiger partial charge in [-0.25, -0.2) is 0 Å². The molecule has 10 aromatic rings. The Balaban J connectivity index is 1.03. The van der Waals surface area contributed by atoms with Crippen LogP contribution >= 0.6 is 0 Å². The van der Waals surface area contributed by atoms with Gasteiger partial charge in [-0.3, -0.25) is 0 Å². The minimum Gasteiger partial charge on any atom is -0.454 e. The fourth-order valence-electron chi connectivity index (χ4n) is 8.74. The molecule has 1 aliphatic carbocycles. The van der Waals surface area contributed by atoms with Crippen LogP contribution in [0.15, 0.2) is 186 Å². The lowest BCUT2D eigenvalue weighted by molar-refractivity contribution is 0.590. The van der Waals surface area contributed by atoms with Gasteiger partial charge in [0.05, 0.1) is 11.4 Å². The van der Waals surface area contributed by atoms with Crippen molar-refractivity contribution < 1.29 is 4.42 Å². The van der Waals surface area contributed by atoms with Crippen LogP contribution in [0.3, 0.4) is 0 Å². The Hall–Kier alpha value is -6.90. The molecule has 1 heterocycles. The average molecular weight is 718 g/mol. The molecule has 0 saturated heterocycles. The molecule has 9 aromatic carbocycles. The molecule has 1 aliphatic rings. The van der Waals surface area contributed by atoms with E-state index in [9.17, 15) is 0 Å². The first kappa shape index (κ1) is 32.5. The van der Waals surface area contributed by atoms with Gasteiger partial charge in [0.2, 0.25) is 0 Å². The number of furan rings is 1. The molecule has 56 heavy (non-hydrogen) atoms. The average Bonchev–Trinajstić information content (AvgIpc) is 3.62. The highest BCUT2D eigenvalue weighted by Crippen LogP contribution is 2.52.